The molecule has 2 N–H and O–H groups in total. The normalized spacial score (nSPS) is 10.8. The van der Waals surface area contributed by atoms with Crippen molar-refractivity contribution in [3.05, 3.63) is 53.5 Å². The average molecular weight is 321 g/mol. The highest BCUT2D eigenvalue weighted by molar-refractivity contribution is 6.03. The Kier molecular flexibility index (Phi) is 3.61. The molecule has 0 aliphatic carbocycles. The minimum absolute atomic E-state index is 0.0904. The van der Waals surface area contributed by atoms with Crippen molar-refractivity contribution in [2.24, 2.45) is 0 Å². The molecule has 0 saturated heterocycles. The van der Waals surface area contributed by atoms with Gasteiger partial charge >= 0.3 is 0 Å². The van der Waals surface area contributed by atoms with Gasteiger partial charge in [0.15, 0.2) is 23.1 Å². The van der Waals surface area contributed by atoms with Gasteiger partial charge in [0, 0.05) is 25.0 Å². The highest BCUT2D eigenvalue weighted by atomic mass is 19.2. The Bertz CT molecular complexity index is 909. The molecule has 0 atom stereocenters. The number of halogens is 3. The highest BCUT2D eigenvalue weighted by Gasteiger charge is 2.20. The maximum atomic E-state index is 13.6. The number of anilines is 2. The summed E-state index contributed by atoms with van der Waals surface area (Å²) in [5.41, 5.74) is 0.589. The van der Waals surface area contributed by atoms with Crippen molar-refractivity contribution < 1.29 is 18.0 Å². The van der Waals surface area contributed by atoms with Gasteiger partial charge in [0.1, 0.15) is 0 Å². The molecule has 6 nitrogen and oxygen atoms in total. The van der Waals surface area contributed by atoms with E-state index in [0.29, 0.717) is 11.7 Å². The molecule has 0 aliphatic rings. The Labute approximate surface area is 128 Å². The number of nitrogens with one attached hydrogen (secondary N) is 2. The molecule has 3 rings (SSSR count). The molecule has 0 radical (unpaired) electrons. The van der Waals surface area contributed by atoms with Crippen molar-refractivity contribution >= 4 is 23.2 Å². The lowest BCUT2D eigenvalue weighted by molar-refractivity contribution is 0.102. The number of nitrogens with zero attached hydrogens (tertiary/aromatic N) is 3. The zero-order valence-electron chi connectivity index (χ0n) is 11.8. The molecule has 0 unspecified atom stereocenters. The fourth-order valence-corrected chi connectivity index (χ4v) is 1.96. The summed E-state index contributed by atoms with van der Waals surface area (Å²) in [6.07, 6.45) is 1.61. The van der Waals surface area contributed by atoms with Crippen LogP contribution in [0.25, 0.3) is 5.65 Å². The first-order valence-electron chi connectivity index (χ1n) is 6.48. The summed E-state index contributed by atoms with van der Waals surface area (Å²) in [6, 6.07) is 4.94. The number of aromatic nitrogens is 3. The Morgan fingerprint density at radius 3 is 2.70 bits per heavy atom. The topological polar surface area (TPSA) is 71.3 Å². The third-order valence-corrected chi connectivity index (χ3v) is 3.13. The van der Waals surface area contributed by atoms with Crippen molar-refractivity contribution in [2.45, 2.75) is 0 Å². The fraction of sp³-hybridized carbons (Fsp3) is 0.0714. The van der Waals surface area contributed by atoms with E-state index in [1.54, 1.807) is 25.4 Å². The van der Waals surface area contributed by atoms with Crippen molar-refractivity contribution in [1.82, 2.24) is 14.6 Å². The van der Waals surface area contributed by atoms with Crippen LogP contribution in [0.1, 0.15) is 10.4 Å². The summed E-state index contributed by atoms with van der Waals surface area (Å²) >= 11 is 0. The summed E-state index contributed by atoms with van der Waals surface area (Å²) in [5.74, 6) is -5.72. The zero-order valence-corrected chi connectivity index (χ0v) is 11.8. The van der Waals surface area contributed by atoms with Crippen LogP contribution >= 0.6 is 0 Å². The van der Waals surface area contributed by atoms with Crippen LogP contribution in [-0.2, 0) is 0 Å². The van der Waals surface area contributed by atoms with Gasteiger partial charge in [-0.1, -0.05) is 0 Å². The van der Waals surface area contributed by atoms with Gasteiger partial charge in [0.25, 0.3) is 5.91 Å². The van der Waals surface area contributed by atoms with Crippen LogP contribution in [0.2, 0.25) is 0 Å². The zero-order chi connectivity index (χ0) is 16.6. The smallest absolute Gasteiger partial charge is 0.261 e. The first-order valence-corrected chi connectivity index (χ1v) is 6.48. The van der Waals surface area contributed by atoms with Crippen molar-refractivity contribution in [3.8, 4) is 0 Å². The van der Waals surface area contributed by atoms with Crippen LogP contribution in [0.5, 0.6) is 0 Å². The number of amides is 1. The van der Waals surface area contributed by atoms with Gasteiger partial charge in [0.2, 0.25) is 5.95 Å². The lowest BCUT2D eigenvalue weighted by Gasteiger charge is -2.03. The van der Waals surface area contributed by atoms with Crippen LogP contribution in [0.3, 0.4) is 0 Å². The van der Waals surface area contributed by atoms with E-state index in [1.807, 2.05) is 0 Å². The SMILES string of the molecule is CNc1ccn2nc(NC(=O)c3ccc(F)c(F)c3F)nc2c1. The van der Waals surface area contributed by atoms with Gasteiger partial charge in [-0.15, -0.1) is 5.10 Å². The largest absolute Gasteiger partial charge is 0.388 e. The number of fused-ring (bicyclic) bond motifs is 1. The monoisotopic (exact) mass is 321 g/mol. The molecule has 3 aromatic rings. The van der Waals surface area contributed by atoms with Crippen molar-refractivity contribution in [2.75, 3.05) is 17.7 Å². The molecule has 0 saturated carbocycles. The summed E-state index contributed by atoms with van der Waals surface area (Å²) in [4.78, 5) is 16.0. The quantitative estimate of drug-likeness (QED) is 0.727. The number of carbonyl (C=O) groups is 1. The van der Waals surface area contributed by atoms with Gasteiger partial charge in [0.05, 0.1) is 5.56 Å². The standard InChI is InChI=1S/C14H10F3N5O/c1-18-7-4-5-22-10(6-7)19-14(21-22)20-13(23)8-2-3-9(15)12(17)11(8)16/h2-6,18H,1H3,(H,20,21,23). The third-order valence-electron chi connectivity index (χ3n) is 3.13. The molecule has 0 aliphatic heterocycles. The van der Waals surface area contributed by atoms with Crippen LogP contribution in [0.4, 0.5) is 24.8 Å². The Balaban J connectivity index is 1.90. The fourth-order valence-electron chi connectivity index (χ4n) is 1.96. The second-order valence-electron chi connectivity index (χ2n) is 4.58. The lowest BCUT2D eigenvalue weighted by atomic mass is 10.2. The summed E-state index contributed by atoms with van der Waals surface area (Å²) in [5, 5.41) is 9.14. The molecular formula is C14H10F3N5O. The van der Waals surface area contributed by atoms with E-state index in [4.69, 9.17) is 0 Å². The average Bonchev–Trinajstić information content (AvgIpc) is 2.93. The van der Waals surface area contributed by atoms with E-state index in [2.05, 4.69) is 20.7 Å². The van der Waals surface area contributed by atoms with Crippen molar-refractivity contribution in [3.63, 3.8) is 0 Å². The predicted molar refractivity (Wildman–Crippen MR) is 76.8 cm³/mol. The first kappa shape index (κ1) is 14.8. The van der Waals surface area contributed by atoms with E-state index in [9.17, 15) is 18.0 Å². The van der Waals surface area contributed by atoms with Crippen LogP contribution in [-0.4, -0.2) is 27.6 Å². The number of pyridine rings is 1. The van der Waals surface area contributed by atoms with Gasteiger partial charge in [-0.05, 0) is 18.2 Å². The third kappa shape index (κ3) is 2.68. The molecule has 2 heterocycles. The molecule has 0 fully saturated rings. The maximum absolute atomic E-state index is 13.6. The second-order valence-corrected chi connectivity index (χ2v) is 4.58. The molecular weight excluding hydrogens is 311 g/mol. The Hall–Kier alpha value is -3.10. The maximum Gasteiger partial charge on any atom is 0.261 e. The lowest BCUT2D eigenvalue weighted by Crippen LogP contribution is -2.16. The molecule has 0 spiro atoms. The number of rotatable bonds is 3. The summed E-state index contributed by atoms with van der Waals surface area (Å²) in [7, 11) is 1.73. The second kappa shape index (κ2) is 5.59. The minimum atomic E-state index is -1.71. The number of hydrogen-bond donors (Lipinski definition) is 2. The Morgan fingerprint density at radius 1 is 1.17 bits per heavy atom. The number of benzene rings is 1. The van der Waals surface area contributed by atoms with Gasteiger partial charge in [-0.3, -0.25) is 10.1 Å². The highest BCUT2D eigenvalue weighted by Crippen LogP contribution is 2.17. The predicted octanol–water partition coefficient (Wildman–Crippen LogP) is 2.44. The summed E-state index contributed by atoms with van der Waals surface area (Å²) < 4.78 is 41.0. The van der Waals surface area contributed by atoms with Gasteiger partial charge in [-0.25, -0.2) is 17.7 Å². The first-order chi connectivity index (χ1) is 11.0. The molecule has 9 heteroatoms. The Morgan fingerprint density at radius 2 is 1.96 bits per heavy atom. The molecule has 2 aromatic heterocycles. The summed E-state index contributed by atoms with van der Waals surface area (Å²) in [6.45, 7) is 0. The minimum Gasteiger partial charge on any atom is -0.388 e. The van der Waals surface area contributed by atoms with Crippen LogP contribution in [0.15, 0.2) is 30.5 Å². The van der Waals surface area contributed by atoms with E-state index in [1.165, 1.54) is 4.52 Å². The van der Waals surface area contributed by atoms with E-state index in [0.717, 1.165) is 11.8 Å². The van der Waals surface area contributed by atoms with Crippen LogP contribution in [0, 0.1) is 17.5 Å². The molecule has 1 aromatic carbocycles. The molecule has 23 heavy (non-hydrogen) atoms. The van der Waals surface area contributed by atoms with E-state index in [-0.39, 0.29) is 5.95 Å². The number of hydrogen-bond acceptors (Lipinski definition) is 4. The van der Waals surface area contributed by atoms with Crippen LogP contribution < -0.4 is 10.6 Å². The van der Waals surface area contributed by atoms with E-state index >= 15 is 0 Å². The molecule has 1 amide bonds. The van der Waals surface area contributed by atoms with Crippen molar-refractivity contribution in [1.29, 1.82) is 0 Å². The van der Waals surface area contributed by atoms with Gasteiger partial charge in [-0.2, -0.15) is 4.98 Å². The molecule has 118 valence electrons. The van der Waals surface area contributed by atoms with Gasteiger partial charge < -0.3 is 5.32 Å². The van der Waals surface area contributed by atoms with E-state index < -0.39 is 28.9 Å². The molecule has 0 bridgehead atoms. The number of carbonyl (C=O) groups excluding carboxylic acids is 1.